The molecule has 0 spiro atoms. The average molecular weight is 392 g/mol. The third kappa shape index (κ3) is 5.25. The zero-order valence-electron chi connectivity index (χ0n) is 16.6. The number of hydrazine groups is 1. The SMILES string of the molecule is Cc1ccccc1O[C@@H](C)C(=O)NNC(=O)[C@H](C)Oc1ccc2ccccc2c1. The summed E-state index contributed by atoms with van der Waals surface area (Å²) in [7, 11) is 0. The summed E-state index contributed by atoms with van der Waals surface area (Å²) < 4.78 is 11.3. The quantitative estimate of drug-likeness (QED) is 0.629. The van der Waals surface area contributed by atoms with Crippen molar-refractivity contribution in [2.75, 3.05) is 0 Å². The molecule has 6 nitrogen and oxygen atoms in total. The molecule has 6 heteroatoms. The molecule has 0 aliphatic carbocycles. The zero-order valence-corrected chi connectivity index (χ0v) is 16.6. The number of para-hydroxylation sites is 1. The smallest absolute Gasteiger partial charge is 0.279 e. The van der Waals surface area contributed by atoms with Crippen molar-refractivity contribution in [2.45, 2.75) is 33.0 Å². The van der Waals surface area contributed by atoms with E-state index in [2.05, 4.69) is 10.9 Å². The van der Waals surface area contributed by atoms with E-state index in [-0.39, 0.29) is 0 Å². The Morgan fingerprint density at radius 1 is 0.759 bits per heavy atom. The van der Waals surface area contributed by atoms with Gasteiger partial charge in [-0.25, -0.2) is 0 Å². The lowest BCUT2D eigenvalue weighted by molar-refractivity contribution is -0.135. The van der Waals surface area contributed by atoms with Crippen LogP contribution in [0.25, 0.3) is 10.8 Å². The second-order valence-electron chi connectivity index (χ2n) is 6.77. The number of nitrogens with one attached hydrogen (secondary N) is 2. The van der Waals surface area contributed by atoms with Crippen LogP contribution in [-0.2, 0) is 9.59 Å². The normalized spacial score (nSPS) is 12.7. The Bertz CT molecular complexity index is 1020. The van der Waals surface area contributed by atoms with Crippen LogP contribution >= 0.6 is 0 Å². The predicted octanol–water partition coefficient (Wildman–Crippen LogP) is 3.53. The Labute approximate surface area is 169 Å². The second kappa shape index (κ2) is 9.10. The third-order valence-electron chi connectivity index (χ3n) is 4.48. The first kappa shape index (κ1) is 20.2. The average Bonchev–Trinajstić information content (AvgIpc) is 2.73. The molecule has 0 bridgehead atoms. The lowest BCUT2D eigenvalue weighted by Crippen LogP contribution is -2.50. The lowest BCUT2D eigenvalue weighted by atomic mass is 10.1. The van der Waals surface area contributed by atoms with Crippen molar-refractivity contribution in [1.82, 2.24) is 10.9 Å². The van der Waals surface area contributed by atoms with Gasteiger partial charge in [-0.3, -0.25) is 20.4 Å². The van der Waals surface area contributed by atoms with Gasteiger partial charge in [-0.2, -0.15) is 0 Å². The summed E-state index contributed by atoms with van der Waals surface area (Å²) in [5.74, 6) is 0.275. The van der Waals surface area contributed by atoms with Gasteiger partial charge in [0.15, 0.2) is 12.2 Å². The molecule has 0 unspecified atom stereocenters. The number of fused-ring (bicyclic) bond motifs is 1. The van der Waals surface area contributed by atoms with Crippen molar-refractivity contribution >= 4 is 22.6 Å². The summed E-state index contributed by atoms with van der Waals surface area (Å²) in [4.78, 5) is 24.5. The highest BCUT2D eigenvalue weighted by Gasteiger charge is 2.19. The van der Waals surface area contributed by atoms with Crippen LogP contribution < -0.4 is 20.3 Å². The zero-order chi connectivity index (χ0) is 20.8. The predicted molar refractivity (Wildman–Crippen MR) is 112 cm³/mol. The fourth-order valence-corrected chi connectivity index (χ4v) is 2.76. The highest BCUT2D eigenvalue weighted by atomic mass is 16.5. The molecule has 2 amide bonds. The Balaban J connectivity index is 1.51. The Kier molecular flexibility index (Phi) is 6.34. The van der Waals surface area contributed by atoms with Crippen molar-refractivity contribution < 1.29 is 19.1 Å². The molecule has 0 heterocycles. The maximum atomic E-state index is 12.3. The summed E-state index contributed by atoms with van der Waals surface area (Å²) in [5.41, 5.74) is 5.68. The van der Waals surface area contributed by atoms with Crippen LogP contribution in [0.1, 0.15) is 19.4 Å². The maximum Gasteiger partial charge on any atom is 0.279 e. The third-order valence-corrected chi connectivity index (χ3v) is 4.48. The van der Waals surface area contributed by atoms with E-state index in [1.807, 2.05) is 67.6 Å². The van der Waals surface area contributed by atoms with E-state index in [1.54, 1.807) is 19.9 Å². The minimum atomic E-state index is -0.788. The minimum Gasteiger partial charge on any atom is -0.481 e. The van der Waals surface area contributed by atoms with Gasteiger partial charge in [-0.15, -0.1) is 0 Å². The van der Waals surface area contributed by atoms with Crippen LogP contribution in [0.15, 0.2) is 66.7 Å². The topological polar surface area (TPSA) is 76.7 Å². The number of hydrogen-bond acceptors (Lipinski definition) is 4. The minimum absolute atomic E-state index is 0.459. The van der Waals surface area contributed by atoms with Gasteiger partial charge in [-0.1, -0.05) is 48.5 Å². The second-order valence-corrected chi connectivity index (χ2v) is 6.77. The molecule has 3 rings (SSSR count). The summed E-state index contributed by atoms with van der Waals surface area (Å²) in [6.45, 7) is 5.13. The number of carbonyl (C=O) groups excluding carboxylic acids is 2. The van der Waals surface area contributed by atoms with Gasteiger partial charge >= 0.3 is 0 Å². The number of hydrogen-bond donors (Lipinski definition) is 2. The molecule has 0 radical (unpaired) electrons. The van der Waals surface area contributed by atoms with Gasteiger partial charge in [0.25, 0.3) is 11.8 Å². The summed E-state index contributed by atoms with van der Waals surface area (Å²) in [6, 6.07) is 20.9. The first-order chi connectivity index (χ1) is 13.9. The Morgan fingerprint density at radius 2 is 1.34 bits per heavy atom. The first-order valence-electron chi connectivity index (χ1n) is 9.41. The van der Waals surface area contributed by atoms with Crippen molar-refractivity contribution in [2.24, 2.45) is 0 Å². The molecule has 0 aromatic heterocycles. The van der Waals surface area contributed by atoms with Gasteiger partial charge in [-0.05, 0) is 55.3 Å². The van der Waals surface area contributed by atoms with Crippen LogP contribution in [0.4, 0.5) is 0 Å². The molecule has 29 heavy (non-hydrogen) atoms. The van der Waals surface area contributed by atoms with Gasteiger partial charge in [0.1, 0.15) is 11.5 Å². The van der Waals surface area contributed by atoms with Gasteiger partial charge < -0.3 is 9.47 Å². The van der Waals surface area contributed by atoms with Crippen molar-refractivity contribution in [1.29, 1.82) is 0 Å². The summed E-state index contributed by atoms with van der Waals surface area (Å²) >= 11 is 0. The van der Waals surface area contributed by atoms with Crippen molar-refractivity contribution in [3.63, 3.8) is 0 Å². The first-order valence-corrected chi connectivity index (χ1v) is 9.41. The standard InChI is InChI=1S/C23H24N2O4/c1-15-8-4-7-11-21(15)29-17(3)23(27)25-24-22(26)16(2)28-20-13-12-18-9-5-6-10-19(18)14-20/h4-14,16-17H,1-3H3,(H,24,26)(H,25,27)/t16-,17-/m0/s1. The number of amides is 2. The lowest BCUT2D eigenvalue weighted by Gasteiger charge is -2.18. The van der Waals surface area contributed by atoms with Crippen LogP contribution in [-0.4, -0.2) is 24.0 Å². The summed E-state index contributed by atoms with van der Waals surface area (Å²) in [6.07, 6.45) is -1.56. The van der Waals surface area contributed by atoms with E-state index >= 15 is 0 Å². The Hall–Kier alpha value is -3.54. The van der Waals surface area contributed by atoms with E-state index in [1.165, 1.54) is 0 Å². The van der Waals surface area contributed by atoms with Crippen LogP contribution in [0.2, 0.25) is 0 Å². The van der Waals surface area contributed by atoms with E-state index in [9.17, 15) is 9.59 Å². The largest absolute Gasteiger partial charge is 0.481 e. The highest BCUT2D eigenvalue weighted by molar-refractivity contribution is 5.87. The molecule has 0 fully saturated rings. The number of aryl methyl sites for hydroxylation is 1. The number of ether oxygens (including phenoxy) is 2. The molecular formula is C23H24N2O4. The molecule has 0 aliphatic heterocycles. The molecule has 2 N–H and O–H groups in total. The molecule has 150 valence electrons. The number of rotatable bonds is 6. The maximum absolute atomic E-state index is 12.3. The van der Waals surface area contributed by atoms with E-state index < -0.39 is 24.0 Å². The summed E-state index contributed by atoms with van der Waals surface area (Å²) in [5, 5.41) is 2.11. The van der Waals surface area contributed by atoms with Crippen LogP contribution in [0.3, 0.4) is 0 Å². The van der Waals surface area contributed by atoms with E-state index in [0.29, 0.717) is 11.5 Å². The molecule has 0 saturated heterocycles. The monoisotopic (exact) mass is 392 g/mol. The number of benzene rings is 3. The molecule has 0 aliphatic rings. The van der Waals surface area contributed by atoms with Crippen LogP contribution in [0, 0.1) is 6.92 Å². The van der Waals surface area contributed by atoms with Gasteiger partial charge in [0, 0.05) is 0 Å². The molecular weight excluding hydrogens is 368 g/mol. The highest BCUT2D eigenvalue weighted by Crippen LogP contribution is 2.21. The molecule has 3 aromatic rings. The van der Waals surface area contributed by atoms with E-state index in [0.717, 1.165) is 16.3 Å². The number of carbonyl (C=O) groups is 2. The van der Waals surface area contributed by atoms with Crippen molar-refractivity contribution in [3.05, 3.63) is 72.3 Å². The van der Waals surface area contributed by atoms with Gasteiger partial charge in [0.2, 0.25) is 0 Å². The van der Waals surface area contributed by atoms with Crippen molar-refractivity contribution in [3.8, 4) is 11.5 Å². The van der Waals surface area contributed by atoms with Crippen LogP contribution in [0.5, 0.6) is 11.5 Å². The molecule has 3 aromatic carbocycles. The fourth-order valence-electron chi connectivity index (χ4n) is 2.76. The van der Waals surface area contributed by atoms with E-state index in [4.69, 9.17) is 9.47 Å². The van der Waals surface area contributed by atoms with Gasteiger partial charge in [0.05, 0.1) is 0 Å². The molecule has 2 atom stereocenters. The fraction of sp³-hybridized carbons (Fsp3) is 0.217. The molecule has 0 saturated carbocycles. The Morgan fingerprint density at radius 3 is 2.03 bits per heavy atom.